The summed E-state index contributed by atoms with van der Waals surface area (Å²) in [7, 11) is 0. The number of piperidine rings is 1. The van der Waals surface area contributed by atoms with Crippen LogP contribution in [0.3, 0.4) is 0 Å². The molecule has 1 rings (SSSR count). The molecule has 5 nitrogen and oxygen atoms in total. The number of carboxylic acids is 1. The molecule has 0 atom stereocenters. The molecule has 1 aliphatic rings. The lowest BCUT2D eigenvalue weighted by molar-refractivity contribution is -0.137. The van der Waals surface area contributed by atoms with E-state index in [0.717, 1.165) is 31.8 Å². The summed E-state index contributed by atoms with van der Waals surface area (Å²) in [5, 5.41) is 8.68. The number of aliphatic carboxylic acids is 1. The molecule has 0 unspecified atom stereocenters. The van der Waals surface area contributed by atoms with Crippen LogP contribution >= 0.6 is 0 Å². The summed E-state index contributed by atoms with van der Waals surface area (Å²) in [6.07, 6.45) is 2.94. The fourth-order valence-electron chi connectivity index (χ4n) is 2.48. The van der Waals surface area contributed by atoms with Crippen LogP contribution in [-0.2, 0) is 9.59 Å². The normalized spacial score (nSPS) is 16.9. The van der Waals surface area contributed by atoms with Crippen LogP contribution in [0.4, 0.5) is 0 Å². The molecule has 1 amide bonds. The molecule has 1 aliphatic heterocycles. The molecule has 1 saturated heterocycles. The fraction of sp³-hybridized carbons (Fsp3) is 0.867. The first-order valence-corrected chi connectivity index (χ1v) is 7.63. The number of nitrogens with zero attached hydrogens (tertiary/aromatic N) is 2. The highest BCUT2D eigenvalue weighted by molar-refractivity contribution is 5.78. The summed E-state index contributed by atoms with van der Waals surface area (Å²) in [6.45, 7) is 9.13. The second-order valence-electron chi connectivity index (χ2n) is 6.12. The van der Waals surface area contributed by atoms with Gasteiger partial charge in [0.2, 0.25) is 5.91 Å². The number of amides is 1. The van der Waals surface area contributed by atoms with Crippen molar-refractivity contribution in [3.8, 4) is 0 Å². The second kappa shape index (κ2) is 8.25. The minimum Gasteiger partial charge on any atom is -0.481 e. The Morgan fingerprint density at radius 3 is 2.40 bits per heavy atom. The van der Waals surface area contributed by atoms with Gasteiger partial charge in [-0.25, -0.2) is 0 Å². The van der Waals surface area contributed by atoms with Crippen LogP contribution < -0.4 is 0 Å². The summed E-state index contributed by atoms with van der Waals surface area (Å²) < 4.78 is 0. The lowest BCUT2D eigenvalue weighted by atomic mass is 9.99. The average Bonchev–Trinajstić information content (AvgIpc) is 2.37. The Morgan fingerprint density at radius 2 is 1.90 bits per heavy atom. The van der Waals surface area contributed by atoms with Crippen molar-refractivity contribution < 1.29 is 14.7 Å². The second-order valence-corrected chi connectivity index (χ2v) is 6.12. The Bertz CT molecular complexity index is 323. The minimum absolute atomic E-state index is 0.165. The van der Waals surface area contributed by atoms with Gasteiger partial charge in [0.05, 0.1) is 6.54 Å². The van der Waals surface area contributed by atoms with E-state index in [1.54, 1.807) is 0 Å². The van der Waals surface area contributed by atoms with E-state index in [-0.39, 0.29) is 18.4 Å². The Morgan fingerprint density at radius 1 is 1.30 bits per heavy atom. The van der Waals surface area contributed by atoms with Crippen molar-refractivity contribution in [2.75, 3.05) is 26.2 Å². The molecule has 5 heteroatoms. The average molecular weight is 284 g/mol. The first kappa shape index (κ1) is 17.0. The van der Waals surface area contributed by atoms with Crippen molar-refractivity contribution in [1.29, 1.82) is 0 Å². The number of rotatable bonds is 7. The third-order valence-corrected chi connectivity index (χ3v) is 4.04. The van der Waals surface area contributed by atoms with Crippen molar-refractivity contribution >= 4 is 11.9 Å². The quantitative estimate of drug-likeness (QED) is 0.774. The van der Waals surface area contributed by atoms with E-state index < -0.39 is 5.97 Å². The highest BCUT2D eigenvalue weighted by Crippen LogP contribution is 2.16. The predicted octanol–water partition coefficient (Wildman–Crippen LogP) is 1.82. The van der Waals surface area contributed by atoms with Crippen LogP contribution in [0.15, 0.2) is 0 Å². The van der Waals surface area contributed by atoms with Crippen molar-refractivity contribution in [1.82, 2.24) is 9.80 Å². The van der Waals surface area contributed by atoms with Gasteiger partial charge in [-0.05, 0) is 45.6 Å². The molecule has 116 valence electrons. The molecule has 20 heavy (non-hydrogen) atoms. The van der Waals surface area contributed by atoms with E-state index in [9.17, 15) is 9.59 Å². The predicted molar refractivity (Wildman–Crippen MR) is 78.6 cm³/mol. The van der Waals surface area contributed by atoms with E-state index >= 15 is 0 Å². The SMILES string of the molecule is CC1CCN(C(=O)CN(CCCC(=O)O)C(C)C)CC1. The zero-order valence-electron chi connectivity index (χ0n) is 13.0. The van der Waals surface area contributed by atoms with Gasteiger partial charge in [-0.2, -0.15) is 0 Å². The van der Waals surface area contributed by atoms with Gasteiger partial charge in [0, 0.05) is 25.6 Å². The molecule has 1 fully saturated rings. The maximum Gasteiger partial charge on any atom is 0.303 e. The van der Waals surface area contributed by atoms with Crippen molar-refractivity contribution in [3.05, 3.63) is 0 Å². The monoisotopic (exact) mass is 284 g/mol. The number of hydrogen-bond acceptors (Lipinski definition) is 3. The molecule has 0 spiro atoms. The van der Waals surface area contributed by atoms with Crippen molar-refractivity contribution in [2.24, 2.45) is 5.92 Å². The highest BCUT2D eigenvalue weighted by atomic mass is 16.4. The van der Waals surface area contributed by atoms with Crippen LogP contribution in [0.25, 0.3) is 0 Å². The summed E-state index contributed by atoms with van der Waals surface area (Å²) >= 11 is 0. The molecule has 1 N–H and O–H groups in total. The zero-order chi connectivity index (χ0) is 15.1. The van der Waals surface area contributed by atoms with E-state index in [4.69, 9.17) is 5.11 Å². The highest BCUT2D eigenvalue weighted by Gasteiger charge is 2.22. The number of carbonyl (C=O) groups excluding carboxylic acids is 1. The van der Waals surface area contributed by atoms with E-state index in [1.807, 2.05) is 18.7 Å². The Labute approximate surface area is 121 Å². The summed E-state index contributed by atoms with van der Waals surface area (Å²) in [4.78, 5) is 26.9. The van der Waals surface area contributed by atoms with Gasteiger partial charge >= 0.3 is 5.97 Å². The molecule has 0 aromatic carbocycles. The van der Waals surface area contributed by atoms with Gasteiger partial charge in [-0.3, -0.25) is 14.5 Å². The van der Waals surface area contributed by atoms with Crippen LogP contribution in [-0.4, -0.2) is 59.0 Å². The third-order valence-electron chi connectivity index (χ3n) is 4.04. The first-order chi connectivity index (χ1) is 9.40. The van der Waals surface area contributed by atoms with Crippen LogP contribution in [0, 0.1) is 5.92 Å². The molecule has 0 aromatic rings. The van der Waals surface area contributed by atoms with Crippen LogP contribution in [0.2, 0.25) is 0 Å². The number of likely N-dealkylation sites (tertiary alicyclic amines) is 1. The Hall–Kier alpha value is -1.10. The van der Waals surface area contributed by atoms with Gasteiger partial charge in [0.1, 0.15) is 0 Å². The molecule has 0 radical (unpaired) electrons. The van der Waals surface area contributed by atoms with Gasteiger partial charge in [0.25, 0.3) is 0 Å². The standard InChI is InChI=1S/C15H28N2O3/c1-12(2)17(8-4-5-15(19)20)11-14(18)16-9-6-13(3)7-10-16/h12-13H,4-11H2,1-3H3,(H,19,20). The van der Waals surface area contributed by atoms with Gasteiger partial charge in [0.15, 0.2) is 0 Å². The number of carbonyl (C=O) groups is 2. The summed E-state index contributed by atoms with van der Waals surface area (Å²) in [5.74, 6) is 0.127. The maximum atomic E-state index is 12.3. The molecule has 0 saturated carbocycles. The molecular formula is C15H28N2O3. The van der Waals surface area contributed by atoms with E-state index in [1.165, 1.54) is 0 Å². The van der Waals surface area contributed by atoms with Gasteiger partial charge in [-0.15, -0.1) is 0 Å². The fourth-order valence-corrected chi connectivity index (χ4v) is 2.48. The lowest BCUT2D eigenvalue weighted by Crippen LogP contribution is -2.46. The topological polar surface area (TPSA) is 60.9 Å². The lowest BCUT2D eigenvalue weighted by Gasteiger charge is -2.33. The first-order valence-electron chi connectivity index (χ1n) is 7.63. The number of hydrogen-bond donors (Lipinski definition) is 1. The van der Waals surface area contributed by atoms with Gasteiger partial charge in [-0.1, -0.05) is 6.92 Å². The molecule has 1 heterocycles. The molecule has 0 bridgehead atoms. The largest absolute Gasteiger partial charge is 0.481 e. The summed E-state index contributed by atoms with van der Waals surface area (Å²) in [6, 6.07) is 0.261. The Balaban J connectivity index is 2.40. The zero-order valence-corrected chi connectivity index (χ0v) is 13.0. The maximum absolute atomic E-state index is 12.3. The van der Waals surface area contributed by atoms with Crippen LogP contribution in [0.5, 0.6) is 0 Å². The van der Waals surface area contributed by atoms with Gasteiger partial charge < -0.3 is 10.0 Å². The Kier molecular flexibility index (Phi) is 6.99. The van der Waals surface area contributed by atoms with Crippen molar-refractivity contribution in [2.45, 2.75) is 52.5 Å². The van der Waals surface area contributed by atoms with Crippen LogP contribution in [0.1, 0.15) is 46.5 Å². The van der Waals surface area contributed by atoms with E-state index in [0.29, 0.717) is 19.5 Å². The summed E-state index contributed by atoms with van der Waals surface area (Å²) in [5.41, 5.74) is 0. The minimum atomic E-state index is -0.773. The molecule has 0 aliphatic carbocycles. The smallest absolute Gasteiger partial charge is 0.303 e. The number of carboxylic acid groups (broad SMARTS) is 1. The third kappa shape index (κ3) is 5.90. The molecular weight excluding hydrogens is 256 g/mol. The molecule has 0 aromatic heterocycles. The van der Waals surface area contributed by atoms with Crippen molar-refractivity contribution in [3.63, 3.8) is 0 Å². The van der Waals surface area contributed by atoms with E-state index in [2.05, 4.69) is 11.8 Å².